The van der Waals surface area contributed by atoms with E-state index in [1.54, 1.807) is 0 Å². The van der Waals surface area contributed by atoms with Crippen LogP contribution in [0.5, 0.6) is 0 Å². The molecule has 0 aromatic heterocycles. The van der Waals surface area contributed by atoms with E-state index < -0.39 is 12.0 Å². The largest absolute Gasteiger partial charge is 0.469 e. The molecule has 0 radical (unpaired) electrons. The number of hydrogen-bond donors (Lipinski definition) is 0. The first-order valence-electron chi connectivity index (χ1n) is 3.32. The van der Waals surface area contributed by atoms with Crippen LogP contribution in [-0.4, -0.2) is 25.4 Å². The lowest BCUT2D eigenvalue weighted by Crippen LogP contribution is -2.19. The van der Waals surface area contributed by atoms with E-state index >= 15 is 0 Å². The predicted octanol–water partition coefficient (Wildman–Crippen LogP) is 0.817. The zero-order valence-corrected chi connectivity index (χ0v) is 6.64. The van der Waals surface area contributed by atoms with Crippen molar-refractivity contribution in [3.63, 3.8) is 0 Å². The second kappa shape index (κ2) is 6.18. The van der Waals surface area contributed by atoms with Crippen LogP contribution >= 0.6 is 0 Å². The lowest BCUT2D eigenvalue weighted by molar-refractivity contribution is -0.142. The Bertz CT molecular complexity index is 210. The second-order valence-electron chi connectivity index (χ2n) is 1.99. The summed E-state index contributed by atoms with van der Waals surface area (Å²) < 4.78 is 4.34. The highest BCUT2D eigenvalue weighted by Gasteiger charge is 2.15. The molecule has 1 unspecified atom stereocenters. The summed E-state index contributed by atoms with van der Waals surface area (Å²) in [6.07, 6.45) is 1.03. The van der Waals surface area contributed by atoms with Crippen molar-refractivity contribution in [2.75, 3.05) is 7.11 Å². The standard InChI is InChI=1S/C6H9N3O3/c1-12-6(11)5(8-9-7)3-2-4-10/h4-5H,2-3H2,1H3. The Kier molecular flexibility index (Phi) is 5.38. The van der Waals surface area contributed by atoms with Gasteiger partial charge in [-0.3, -0.25) is 4.79 Å². The lowest BCUT2D eigenvalue weighted by atomic mass is 10.2. The zero-order valence-electron chi connectivity index (χ0n) is 6.64. The topological polar surface area (TPSA) is 92.1 Å². The van der Waals surface area contributed by atoms with E-state index in [4.69, 9.17) is 5.53 Å². The molecular formula is C6H9N3O3. The van der Waals surface area contributed by atoms with Crippen LogP contribution in [0.3, 0.4) is 0 Å². The van der Waals surface area contributed by atoms with Gasteiger partial charge in [0.2, 0.25) is 0 Å². The third kappa shape index (κ3) is 3.58. The first kappa shape index (κ1) is 10.4. The maximum atomic E-state index is 10.8. The maximum Gasteiger partial charge on any atom is 0.314 e. The van der Waals surface area contributed by atoms with Gasteiger partial charge in [0.1, 0.15) is 12.3 Å². The Balaban J connectivity index is 4.11. The van der Waals surface area contributed by atoms with Crippen LogP contribution in [0.1, 0.15) is 12.8 Å². The van der Waals surface area contributed by atoms with Gasteiger partial charge in [0, 0.05) is 11.3 Å². The Morgan fingerprint density at radius 1 is 1.83 bits per heavy atom. The van der Waals surface area contributed by atoms with Crippen LogP contribution in [0.4, 0.5) is 0 Å². The molecule has 0 heterocycles. The smallest absolute Gasteiger partial charge is 0.314 e. The molecule has 0 saturated carbocycles. The average Bonchev–Trinajstić information content (AvgIpc) is 2.11. The van der Waals surface area contributed by atoms with Gasteiger partial charge in [0.05, 0.1) is 7.11 Å². The third-order valence-corrected chi connectivity index (χ3v) is 1.22. The molecule has 0 aliphatic rings. The number of carbonyl (C=O) groups excluding carboxylic acids is 2. The van der Waals surface area contributed by atoms with Crippen molar-refractivity contribution in [3.05, 3.63) is 10.4 Å². The minimum Gasteiger partial charge on any atom is -0.469 e. The van der Waals surface area contributed by atoms with Gasteiger partial charge >= 0.3 is 5.97 Å². The number of esters is 1. The highest BCUT2D eigenvalue weighted by Crippen LogP contribution is 2.02. The summed E-state index contributed by atoms with van der Waals surface area (Å²) in [5, 5.41) is 3.18. The summed E-state index contributed by atoms with van der Waals surface area (Å²) >= 11 is 0. The molecule has 66 valence electrons. The molecule has 0 aromatic carbocycles. The number of hydrogen-bond acceptors (Lipinski definition) is 4. The Labute approximate surface area is 69.1 Å². The lowest BCUT2D eigenvalue weighted by Gasteiger charge is -2.04. The van der Waals surface area contributed by atoms with E-state index in [9.17, 15) is 9.59 Å². The minimum absolute atomic E-state index is 0.179. The summed E-state index contributed by atoms with van der Waals surface area (Å²) in [7, 11) is 1.20. The second-order valence-corrected chi connectivity index (χ2v) is 1.99. The number of nitrogens with zero attached hydrogens (tertiary/aromatic N) is 3. The average molecular weight is 171 g/mol. The fourth-order valence-electron chi connectivity index (χ4n) is 0.647. The highest BCUT2D eigenvalue weighted by atomic mass is 16.5. The summed E-state index contributed by atoms with van der Waals surface area (Å²) in [6, 6.07) is -0.884. The van der Waals surface area contributed by atoms with Gasteiger partial charge in [-0.25, -0.2) is 0 Å². The van der Waals surface area contributed by atoms with Crippen LogP contribution in [0, 0.1) is 0 Å². The highest BCUT2D eigenvalue weighted by molar-refractivity contribution is 5.76. The van der Waals surface area contributed by atoms with Crippen LogP contribution < -0.4 is 0 Å². The summed E-state index contributed by atoms with van der Waals surface area (Å²) in [4.78, 5) is 23.2. The molecule has 0 bridgehead atoms. The molecule has 0 N–H and O–H groups in total. The Morgan fingerprint density at radius 2 is 2.50 bits per heavy atom. The molecule has 6 heteroatoms. The summed E-state index contributed by atoms with van der Waals surface area (Å²) in [6.45, 7) is 0. The Hall–Kier alpha value is -1.55. The van der Waals surface area contributed by atoms with Crippen LogP contribution in [0.2, 0.25) is 0 Å². The van der Waals surface area contributed by atoms with Crippen molar-refractivity contribution >= 4 is 12.3 Å². The van der Waals surface area contributed by atoms with E-state index in [0.29, 0.717) is 6.29 Å². The van der Waals surface area contributed by atoms with Gasteiger partial charge in [0.15, 0.2) is 0 Å². The van der Waals surface area contributed by atoms with Crippen LogP contribution in [0.25, 0.3) is 10.4 Å². The van der Waals surface area contributed by atoms with E-state index in [2.05, 4.69) is 14.8 Å². The van der Waals surface area contributed by atoms with Crippen molar-refractivity contribution in [2.24, 2.45) is 5.11 Å². The van der Waals surface area contributed by atoms with Crippen molar-refractivity contribution in [3.8, 4) is 0 Å². The van der Waals surface area contributed by atoms with Gasteiger partial charge in [-0.05, 0) is 12.0 Å². The van der Waals surface area contributed by atoms with Crippen molar-refractivity contribution in [2.45, 2.75) is 18.9 Å². The molecular weight excluding hydrogens is 162 g/mol. The molecule has 6 nitrogen and oxygen atoms in total. The van der Waals surface area contributed by atoms with Crippen LogP contribution in [-0.2, 0) is 14.3 Å². The predicted molar refractivity (Wildman–Crippen MR) is 40.2 cm³/mol. The number of methoxy groups -OCH3 is 1. The SMILES string of the molecule is COC(=O)C(CCC=O)N=[N+]=[N-]. The fourth-order valence-corrected chi connectivity index (χ4v) is 0.647. The zero-order chi connectivity index (χ0) is 9.40. The van der Waals surface area contributed by atoms with E-state index in [1.807, 2.05) is 0 Å². The normalized spacial score (nSPS) is 11.1. The first-order valence-corrected chi connectivity index (χ1v) is 3.32. The quantitative estimate of drug-likeness (QED) is 0.201. The minimum atomic E-state index is -0.884. The molecule has 0 aliphatic heterocycles. The van der Waals surface area contributed by atoms with Crippen molar-refractivity contribution < 1.29 is 14.3 Å². The number of carbonyl (C=O) groups is 2. The molecule has 1 atom stereocenters. The molecule has 0 aliphatic carbocycles. The van der Waals surface area contributed by atoms with Crippen LogP contribution in [0.15, 0.2) is 5.11 Å². The van der Waals surface area contributed by atoms with Crippen molar-refractivity contribution in [1.82, 2.24) is 0 Å². The number of ether oxygens (including phenoxy) is 1. The van der Waals surface area contributed by atoms with Gasteiger partial charge in [-0.15, -0.1) is 0 Å². The van der Waals surface area contributed by atoms with Crippen molar-refractivity contribution in [1.29, 1.82) is 0 Å². The Morgan fingerprint density at radius 3 is 2.92 bits per heavy atom. The van der Waals surface area contributed by atoms with Gasteiger partial charge < -0.3 is 9.53 Å². The molecule has 0 amide bonds. The molecule has 0 spiro atoms. The maximum absolute atomic E-state index is 10.8. The number of aldehydes is 1. The van der Waals surface area contributed by atoms with E-state index in [0.717, 1.165) is 0 Å². The molecule has 0 fully saturated rings. The van der Waals surface area contributed by atoms with Gasteiger partial charge in [-0.1, -0.05) is 5.11 Å². The first-order chi connectivity index (χ1) is 5.76. The molecule has 0 saturated heterocycles. The summed E-state index contributed by atoms with van der Waals surface area (Å²) in [5.74, 6) is -0.616. The molecule has 0 aromatic rings. The molecule has 0 rings (SSSR count). The summed E-state index contributed by atoms with van der Waals surface area (Å²) in [5.41, 5.74) is 8.04. The fraction of sp³-hybridized carbons (Fsp3) is 0.667. The molecule has 12 heavy (non-hydrogen) atoms. The monoisotopic (exact) mass is 171 g/mol. The number of azide groups is 1. The van der Waals surface area contributed by atoms with Gasteiger partial charge in [-0.2, -0.15) is 0 Å². The third-order valence-electron chi connectivity index (χ3n) is 1.22. The van der Waals surface area contributed by atoms with E-state index in [1.165, 1.54) is 7.11 Å². The van der Waals surface area contributed by atoms with E-state index in [-0.39, 0.29) is 12.8 Å². The van der Waals surface area contributed by atoms with Gasteiger partial charge in [0.25, 0.3) is 0 Å². The number of rotatable bonds is 5.